The molecule has 4 rings (SSSR count). The van der Waals surface area contributed by atoms with Crippen LogP contribution in [0.15, 0.2) is 60.8 Å². The van der Waals surface area contributed by atoms with E-state index in [2.05, 4.69) is 33.1 Å². The number of hydrogen-bond acceptors (Lipinski definition) is 2. The maximum atomic E-state index is 13.1. The molecule has 0 amide bonds. The van der Waals surface area contributed by atoms with E-state index in [0.717, 1.165) is 17.0 Å². The number of aromatic amines is 1. The van der Waals surface area contributed by atoms with Crippen LogP contribution in [0.5, 0.6) is 0 Å². The zero-order chi connectivity index (χ0) is 17.4. The lowest BCUT2D eigenvalue weighted by Crippen LogP contribution is -2.14. The third kappa shape index (κ3) is 2.72. The number of aryl methyl sites for hydroxylation is 1. The molecule has 0 aliphatic rings. The summed E-state index contributed by atoms with van der Waals surface area (Å²) in [4.78, 5) is 0. The highest BCUT2D eigenvalue weighted by molar-refractivity contribution is 5.85. The van der Waals surface area contributed by atoms with E-state index in [1.807, 2.05) is 25.2 Å². The van der Waals surface area contributed by atoms with E-state index < -0.39 is 0 Å². The number of aromatic nitrogens is 3. The predicted octanol–water partition coefficient (Wildman–Crippen LogP) is 3.80. The third-order valence-electron chi connectivity index (χ3n) is 4.65. The molecule has 4 nitrogen and oxygen atoms in total. The van der Waals surface area contributed by atoms with Gasteiger partial charge >= 0.3 is 0 Å². The Balaban J connectivity index is 1.75. The fraction of sp³-hybridized carbons (Fsp3) is 0.150. The summed E-state index contributed by atoms with van der Waals surface area (Å²) in [5.41, 5.74) is 11.1. The Kier molecular flexibility index (Phi) is 3.86. The first-order valence-corrected chi connectivity index (χ1v) is 8.22. The maximum Gasteiger partial charge on any atom is 0.123 e. The molecule has 1 unspecified atom stereocenters. The van der Waals surface area contributed by atoms with Crippen molar-refractivity contribution in [2.75, 3.05) is 6.54 Å². The van der Waals surface area contributed by atoms with Crippen LogP contribution in [0.4, 0.5) is 4.39 Å². The van der Waals surface area contributed by atoms with Gasteiger partial charge < -0.3 is 10.3 Å². The fourth-order valence-corrected chi connectivity index (χ4v) is 3.36. The highest BCUT2D eigenvalue weighted by Crippen LogP contribution is 2.32. The van der Waals surface area contributed by atoms with Crippen molar-refractivity contribution >= 4 is 10.9 Å². The van der Waals surface area contributed by atoms with Crippen LogP contribution in [0.1, 0.15) is 17.2 Å². The van der Waals surface area contributed by atoms with Gasteiger partial charge in [-0.1, -0.05) is 18.2 Å². The summed E-state index contributed by atoms with van der Waals surface area (Å²) in [5, 5.41) is 8.69. The molecule has 0 spiro atoms. The molecule has 3 N–H and O–H groups in total. The SMILES string of the molecule is Cn1cc(C(CN)c2cc(-c3ccc(F)cc3)n[nH]2)c2ccccc21. The van der Waals surface area contributed by atoms with Gasteiger partial charge in [0.1, 0.15) is 5.82 Å². The van der Waals surface area contributed by atoms with Crippen molar-refractivity contribution in [3.05, 3.63) is 77.9 Å². The van der Waals surface area contributed by atoms with Gasteiger partial charge in [-0.2, -0.15) is 5.10 Å². The van der Waals surface area contributed by atoms with Gasteiger partial charge in [0, 0.05) is 47.9 Å². The van der Waals surface area contributed by atoms with Crippen molar-refractivity contribution in [3.63, 3.8) is 0 Å². The molecule has 2 aromatic heterocycles. The van der Waals surface area contributed by atoms with E-state index in [0.29, 0.717) is 6.54 Å². The molecule has 0 aliphatic heterocycles. The number of nitrogens with two attached hydrogens (primary N) is 1. The maximum absolute atomic E-state index is 13.1. The second-order valence-electron chi connectivity index (χ2n) is 6.22. The Morgan fingerprint density at radius 3 is 2.68 bits per heavy atom. The lowest BCUT2D eigenvalue weighted by atomic mass is 9.95. The summed E-state index contributed by atoms with van der Waals surface area (Å²) < 4.78 is 15.2. The van der Waals surface area contributed by atoms with Gasteiger partial charge in [0.05, 0.1) is 5.69 Å². The molecule has 126 valence electrons. The zero-order valence-electron chi connectivity index (χ0n) is 13.9. The highest BCUT2D eigenvalue weighted by Gasteiger charge is 2.20. The van der Waals surface area contributed by atoms with Gasteiger partial charge in [-0.05, 0) is 42.0 Å². The molecule has 2 aromatic carbocycles. The lowest BCUT2D eigenvalue weighted by molar-refractivity contribution is 0.628. The van der Waals surface area contributed by atoms with E-state index in [9.17, 15) is 4.39 Å². The minimum Gasteiger partial charge on any atom is -0.350 e. The number of rotatable bonds is 4. The minimum absolute atomic E-state index is 0.0211. The molecule has 0 fully saturated rings. The van der Waals surface area contributed by atoms with E-state index >= 15 is 0 Å². The number of nitrogens with zero attached hydrogens (tertiary/aromatic N) is 2. The smallest absolute Gasteiger partial charge is 0.123 e. The standard InChI is InChI=1S/C20H19FN4/c1-25-12-17(15-4-2-3-5-20(15)25)16(11-22)19-10-18(23-24-19)13-6-8-14(21)9-7-13/h2-10,12,16H,11,22H2,1H3,(H,23,24). The third-order valence-corrected chi connectivity index (χ3v) is 4.65. The van der Waals surface area contributed by atoms with Gasteiger partial charge in [-0.15, -0.1) is 0 Å². The Morgan fingerprint density at radius 1 is 1.16 bits per heavy atom. The van der Waals surface area contributed by atoms with E-state index in [4.69, 9.17) is 5.73 Å². The largest absolute Gasteiger partial charge is 0.350 e. The Hall–Kier alpha value is -2.92. The van der Waals surface area contributed by atoms with Crippen molar-refractivity contribution in [1.29, 1.82) is 0 Å². The molecule has 2 heterocycles. The Bertz CT molecular complexity index is 1010. The van der Waals surface area contributed by atoms with Crippen LogP contribution in [0.3, 0.4) is 0 Å². The van der Waals surface area contributed by atoms with Crippen molar-refractivity contribution in [3.8, 4) is 11.3 Å². The van der Waals surface area contributed by atoms with Crippen LogP contribution in [0, 0.1) is 5.82 Å². The number of benzene rings is 2. The molecular weight excluding hydrogens is 315 g/mol. The van der Waals surface area contributed by atoms with Gasteiger partial charge in [0.15, 0.2) is 0 Å². The minimum atomic E-state index is -0.255. The summed E-state index contributed by atoms with van der Waals surface area (Å²) in [6.07, 6.45) is 2.13. The molecule has 1 atom stereocenters. The molecule has 0 saturated carbocycles. The first-order valence-electron chi connectivity index (χ1n) is 8.22. The Labute approximate surface area is 145 Å². The van der Waals surface area contributed by atoms with Crippen LogP contribution >= 0.6 is 0 Å². The van der Waals surface area contributed by atoms with Crippen LogP contribution in [-0.2, 0) is 7.05 Å². The number of H-pyrrole nitrogens is 1. The molecule has 25 heavy (non-hydrogen) atoms. The summed E-state index contributed by atoms with van der Waals surface area (Å²) in [6.45, 7) is 0.471. The normalized spacial score (nSPS) is 12.6. The van der Waals surface area contributed by atoms with Crippen molar-refractivity contribution in [1.82, 2.24) is 14.8 Å². The van der Waals surface area contributed by atoms with Gasteiger partial charge in [-0.3, -0.25) is 5.10 Å². The Morgan fingerprint density at radius 2 is 1.92 bits per heavy atom. The van der Waals surface area contributed by atoms with Crippen molar-refractivity contribution < 1.29 is 4.39 Å². The average molecular weight is 334 g/mol. The molecule has 0 saturated heterocycles. The van der Waals surface area contributed by atoms with Crippen LogP contribution in [-0.4, -0.2) is 21.3 Å². The summed E-state index contributed by atoms with van der Waals surface area (Å²) in [5.74, 6) is -0.233. The zero-order valence-corrected chi connectivity index (χ0v) is 13.9. The van der Waals surface area contributed by atoms with Crippen LogP contribution < -0.4 is 5.73 Å². The number of fused-ring (bicyclic) bond motifs is 1. The predicted molar refractivity (Wildman–Crippen MR) is 97.8 cm³/mol. The topological polar surface area (TPSA) is 59.6 Å². The first-order chi connectivity index (χ1) is 12.2. The van der Waals surface area contributed by atoms with E-state index in [-0.39, 0.29) is 11.7 Å². The number of nitrogens with one attached hydrogen (secondary N) is 1. The van der Waals surface area contributed by atoms with Crippen molar-refractivity contribution in [2.24, 2.45) is 12.8 Å². The average Bonchev–Trinajstić information content (AvgIpc) is 3.23. The van der Waals surface area contributed by atoms with Crippen LogP contribution in [0.2, 0.25) is 0 Å². The van der Waals surface area contributed by atoms with Crippen molar-refractivity contribution in [2.45, 2.75) is 5.92 Å². The van der Waals surface area contributed by atoms with Crippen LogP contribution in [0.25, 0.3) is 22.2 Å². The summed E-state index contributed by atoms with van der Waals surface area (Å²) >= 11 is 0. The number of hydrogen-bond donors (Lipinski definition) is 2. The molecule has 0 aliphatic carbocycles. The monoisotopic (exact) mass is 334 g/mol. The molecule has 0 radical (unpaired) electrons. The number of halogens is 1. The highest BCUT2D eigenvalue weighted by atomic mass is 19.1. The van der Waals surface area contributed by atoms with Gasteiger partial charge in [-0.25, -0.2) is 4.39 Å². The summed E-state index contributed by atoms with van der Waals surface area (Å²) in [6, 6.07) is 16.6. The molecule has 5 heteroatoms. The summed E-state index contributed by atoms with van der Waals surface area (Å²) in [7, 11) is 2.04. The fourth-order valence-electron chi connectivity index (χ4n) is 3.36. The van der Waals surface area contributed by atoms with Gasteiger partial charge in [0.2, 0.25) is 0 Å². The lowest BCUT2D eigenvalue weighted by Gasteiger charge is -2.11. The molecule has 0 bridgehead atoms. The quantitative estimate of drug-likeness (QED) is 0.596. The van der Waals surface area contributed by atoms with Gasteiger partial charge in [0.25, 0.3) is 0 Å². The molecular formula is C20H19FN4. The number of para-hydroxylation sites is 1. The second kappa shape index (κ2) is 6.18. The van der Waals surface area contributed by atoms with E-state index in [1.165, 1.54) is 28.6 Å². The molecule has 4 aromatic rings. The second-order valence-corrected chi connectivity index (χ2v) is 6.22. The first kappa shape index (κ1) is 15.6. The van der Waals surface area contributed by atoms with E-state index in [1.54, 1.807) is 12.1 Å².